The van der Waals surface area contributed by atoms with E-state index in [2.05, 4.69) is 31.7 Å². The summed E-state index contributed by atoms with van der Waals surface area (Å²) in [5.74, 6) is -0.191. The number of allylic oxidation sites excluding steroid dienone is 2. The third-order valence-electron chi connectivity index (χ3n) is 5.79. The quantitative estimate of drug-likeness (QED) is 0.442. The highest BCUT2D eigenvalue weighted by Crippen LogP contribution is 2.39. The summed E-state index contributed by atoms with van der Waals surface area (Å²) in [5.41, 5.74) is 10.9. The molecule has 1 aliphatic carbocycles. The van der Waals surface area contributed by atoms with Gasteiger partial charge in [0.1, 0.15) is 5.56 Å². The summed E-state index contributed by atoms with van der Waals surface area (Å²) in [6.07, 6.45) is 11.7. The van der Waals surface area contributed by atoms with Crippen molar-refractivity contribution in [2.24, 2.45) is 0 Å². The number of nitrogens with two attached hydrogens (primary N) is 1. The van der Waals surface area contributed by atoms with Crippen molar-refractivity contribution in [3.05, 3.63) is 58.5 Å². The van der Waals surface area contributed by atoms with E-state index in [0.717, 1.165) is 41.3 Å². The summed E-state index contributed by atoms with van der Waals surface area (Å²) in [5, 5.41) is 16.0. The van der Waals surface area contributed by atoms with Gasteiger partial charge < -0.3 is 11.1 Å². The number of nitrogens with one attached hydrogen (secondary N) is 2. The molecule has 3 aromatic heterocycles. The maximum Gasteiger partial charge on any atom is 0.259 e. The van der Waals surface area contributed by atoms with Gasteiger partial charge in [-0.05, 0) is 55.9 Å². The number of benzene rings is 1. The number of hydrogen-bond donors (Lipinski definition) is 3. The fraction of sp³-hybridized carbons (Fsp3) is 0.273. The SMILES string of the molecule is CC(NC(=O)c1c(N)nn2cccnc12)c1cc(Cl)c2cn[nH]c2c1C1=CCCCC1. The van der Waals surface area contributed by atoms with Gasteiger partial charge in [0.05, 0.1) is 22.8 Å². The molecule has 1 unspecified atom stereocenters. The number of nitrogens with zero attached hydrogens (tertiary/aromatic N) is 4. The van der Waals surface area contributed by atoms with Crippen LogP contribution in [0.5, 0.6) is 0 Å². The van der Waals surface area contributed by atoms with E-state index in [0.29, 0.717) is 10.7 Å². The Morgan fingerprint density at radius 1 is 1.39 bits per heavy atom. The molecule has 3 heterocycles. The summed E-state index contributed by atoms with van der Waals surface area (Å²) >= 11 is 6.56. The Morgan fingerprint density at radius 3 is 3.06 bits per heavy atom. The Labute approximate surface area is 183 Å². The number of halogens is 1. The number of rotatable bonds is 4. The van der Waals surface area contributed by atoms with Gasteiger partial charge in [0.25, 0.3) is 5.91 Å². The van der Waals surface area contributed by atoms with Crippen molar-refractivity contribution in [1.82, 2.24) is 30.1 Å². The zero-order valence-electron chi connectivity index (χ0n) is 17.0. The van der Waals surface area contributed by atoms with Crippen molar-refractivity contribution in [1.29, 1.82) is 0 Å². The minimum Gasteiger partial charge on any atom is -0.381 e. The summed E-state index contributed by atoms with van der Waals surface area (Å²) in [6.45, 7) is 1.94. The molecule has 9 heteroatoms. The minimum atomic E-state index is -0.330. The normalized spacial score (nSPS) is 15.2. The Balaban J connectivity index is 1.56. The molecule has 1 aliphatic rings. The highest BCUT2D eigenvalue weighted by molar-refractivity contribution is 6.35. The highest BCUT2D eigenvalue weighted by atomic mass is 35.5. The van der Waals surface area contributed by atoms with Gasteiger partial charge in [-0.15, -0.1) is 5.10 Å². The van der Waals surface area contributed by atoms with Crippen molar-refractivity contribution in [2.45, 2.75) is 38.6 Å². The predicted octanol–water partition coefficient (Wildman–Crippen LogP) is 4.29. The Kier molecular flexibility index (Phi) is 4.86. The van der Waals surface area contributed by atoms with Crippen LogP contribution in [0.4, 0.5) is 5.82 Å². The number of hydrogen-bond acceptors (Lipinski definition) is 5. The number of carbonyl (C=O) groups is 1. The van der Waals surface area contributed by atoms with E-state index in [1.807, 2.05) is 13.0 Å². The first-order chi connectivity index (χ1) is 15.0. The lowest BCUT2D eigenvalue weighted by atomic mass is 9.87. The Morgan fingerprint density at radius 2 is 2.26 bits per heavy atom. The lowest BCUT2D eigenvalue weighted by molar-refractivity contribution is 0.0942. The molecule has 0 saturated carbocycles. The molecule has 0 fully saturated rings. The molecular weight excluding hydrogens is 414 g/mol. The van der Waals surface area contributed by atoms with E-state index in [-0.39, 0.29) is 23.3 Å². The number of amides is 1. The molecule has 0 spiro atoms. The van der Waals surface area contributed by atoms with Crippen LogP contribution in [0.2, 0.25) is 5.02 Å². The predicted molar refractivity (Wildman–Crippen MR) is 121 cm³/mol. The Bertz CT molecular complexity index is 1340. The van der Waals surface area contributed by atoms with E-state index in [4.69, 9.17) is 17.3 Å². The van der Waals surface area contributed by atoms with E-state index in [1.54, 1.807) is 24.7 Å². The number of anilines is 1. The molecule has 8 nitrogen and oxygen atoms in total. The van der Waals surface area contributed by atoms with Gasteiger partial charge in [0.2, 0.25) is 0 Å². The molecule has 158 valence electrons. The number of aromatic nitrogens is 5. The van der Waals surface area contributed by atoms with Gasteiger partial charge in [-0.2, -0.15) is 5.10 Å². The zero-order chi connectivity index (χ0) is 21.5. The van der Waals surface area contributed by atoms with Gasteiger partial charge in [-0.1, -0.05) is 17.7 Å². The molecule has 0 bridgehead atoms. The van der Waals surface area contributed by atoms with Crippen LogP contribution in [0.15, 0.2) is 36.8 Å². The van der Waals surface area contributed by atoms with Crippen molar-refractivity contribution < 1.29 is 4.79 Å². The second kappa shape index (κ2) is 7.70. The van der Waals surface area contributed by atoms with Crippen molar-refractivity contribution in [2.75, 3.05) is 5.73 Å². The molecule has 0 saturated heterocycles. The van der Waals surface area contributed by atoms with E-state index >= 15 is 0 Å². The van der Waals surface area contributed by atoms with Crippen LogP contribution in [-0.2, 0) is 0 Å². The fourth-order valence-electron chi connectivity index (χ4n) is 4.31. The van der Waals surface area contributed by atoms with Crippen molar-refractivity contribution in [3.8, 4) is 0 Å². The maximum atomic E-state index is 13.2. The standard InChI is InChI=1S/C22H22ClN7O/c1-12(27-22(31)18-20(24)29-30-9-5-8-25-21(18)30)14-10-16(23)15-11-26-28-19(15)17(14)13-6-3-2-4-7-13/h5-6,8-12H,2-4,7H2,1H3,(H2,24,29)(H,26,28)(H,27,31). The molecule has 1 amide bonds. The molecule has 1 aromatic carbocycles. The third kappa shape index (κ3) is 3.33. The zero-order valence-corrected chi connectivity index (χ0v) is 17.8. The molecule has 4 aromatic rings. The van der Waals surface area contributed by atoms with Crippen LogP contribution in [0.25, 0.3) is 22.1 Å². The second-order valence-electron chi connectivity index (χ2n) is 7.80. The van der Waals surface area contributed by atoms with Gasteiger partial charge in [-0.3, -0.25) is 9.89 Å². The fourth-order valence-corrected chi connectivity index (χ4v) is 4.57. The maximum absolute atomic E-state index is 13.2. The number of aromatic amines is 1. The molecule has 4 N–H and O–H groups in total. The van der Waals surface area contributed by atoms with Crippen molar-refractivity contribution >= 4 is 45.4 Å². The number of fused-ring (bicyclic) bond motifs is 2. The van der Waals surface area contributed by atoms with E-state index < -0.39 is 0 Å². The largest absolute Gasteiger partial charge is 0.381 e. The van der Waals surface area contributed by atoms with Crippen LogP contribution in [0.3, 0.4) is 0 Å². The molecule has 31 heavy (non-hydrogen) atoms. The lowest BCUT2D eigenvalue weighted by Crippen LogP contribution is -2.28. The molecule has 5 rings (SSSR count). The number of H-pyrrole nitrogens is 1. The topological polar surface area (TPSA) is 114 Å². The Hall–Kier alpha value is -3.39. The first-order valence-corrected chi connectivity index (χ1v) is 10.7. The average molecular weight is 436 g/mol. The van der Waals surface area contributed by atoms with Crippen LogP contribution in [-0.4, -0.2) is 30.7 Å². The van der Waals surface area contributed by atoms with Gasteiger partial charge in [-0.25, -0.2) is 9.50 Å². The van der Waals surface area contributed by atoms with Crippen LogP contribution in [0, 0.1) is 0 Å². The molecular formula is C22H22ClN7O. The van der Waals surface area contributed by atoms with Crippen molar-refractivity contribution in [3.63, 3.8) is 0 Å². The average Bonchev–Trinajstić information content (AvgIpc) is 3.38. The number of carbonyl (C=O) groups excluding carboxylic acids is 1. The van der Waals surface area contributed by atoms with Gasteiger partial charge in [0.15, 0.2) is 11.5 Å². The van der Waals surface area contributed by atoms with E-state index in [1.165, 1.54) is 16.5 Å². The monoisotopic (exact) mass is 435 g/mol. The molecule has 0 aliphatic heterocycles. The third-order valence-corrected chi connectivity index (χ3v) is 6.11. The second-order valence-corrected chi connectivity index (χ2v) is 8.21. The van der Waals surface area contributed by atoms with Gasteiger partial charge in [0, 0.05) is 23.3 Å². The van der Waals surface area contributed by atoms with Crippen LogP contribution >= 0.6 is 11.6 Å². The summed E-state index contributed by atoms with van der Waals surface area (Å²) in [7, 11) is 0. The lowest BCUT2D eigenvalue weighted by Gasteiger charge is -2.22. The summed E-state index contributed by atoms with van der Waals surface area (Å²) < 4.78 is 1.50. The van der Waals surface area contributed by atoms with Gasteiger partial charge >= 0.3 is 0 Å². The summed E-state index contributed by atoms with van der Waals surface area (Å²) in [6, 6.07) is 3.33. The smallest absolute Gasteiger partial charge is 0.259 e. The number of nitrogen functional groups attached to an aromatic ring is 1. The summed E-state index contributed by atoms with van der Waals surface area (Å²) in [4.78, 5) is 17.4. The van der Waals surface area contributed by atoms with Crippen LogP contribution in [0.1, 0.15) is 60.1 Å². The molecule has 0 radical (unpaired) electrons. The van der Waals surface area contributed by atoms with Crippen LogP contribution < -0.4 is 11.1 Å². The first-order valence-electron chi connectivity index (χ1n) is 10.3. The highest BCUT2D eigenvalue weighted by Gasteiger charge is 2.25. The van der Waals surface area contributed by atoms with E-state index in [9.17, 15) is 4.79 Å². The first kappa shape index (κ1) is 19.6. The molecule has 1 atom stereocenters. The minimum absolute atomic E-state index is 0.140.